The summed E-state index contributed by atoms with van der Waals surface area (Å²) in [5.74, 6) is 0.516. The van der Waals surface area contributed by atoms with Crippen LogP contribution in [0.15, 0.2) is 66.0 Å². The van der Waals surface area contributed by atoms with E-state index in [1.165, 1.54) is 20.9 Å². The Labute approximate surface area is 169 Å². The van der Waals surface area contributed by atoms with Crippen LogP contribution in [0.5, 0.6) is 5.75 Å². The van der Waals surface area contributed by atoms with Gasteiger partial charge >= 0.3 is 0 Å². The first-order valence-electron chi connectivity index (χ1n) is 9.62. The molecule has 1 amide bonds. The maximum Gasteiger partial charge on any atom is 0.255 e. The van der Waals surface area contributed by atoms with E-state index >= 15 is 0 Å². The standard InChI is InChI=1S/C23H24N2O2S/c1-27-21-10-5-4-9-19(21)23(26)24-15-20(22-11-6-14-28-22)25-13-12-17-7-2-3-8-18(17)16-25/h2-11,14,20H,12-13,15-16H2,1H3,(H,24,26)/p+1/t20-/m0/s1. The lowest BCUT2D eigenvalue weighted by atomic mass is 9.98. The number of methoxy groups -OCH3 is 1. The summed E-state index contributed by atoms with van der Waals surface area (Å²) in [6, 6.07) is 20.6. The van der Waals surface area contributed by atoms with Crippen LogP contribution in [0.3, 0.4) is 0 Å². The molecule has 4 rings (SSSR count). The first-order chi connectivity index (χ1) is 13.8. The molecule has 1 unspecified atom stereocenters. The molecule has 1 aliphatic heterocycles. The molecule has 0 bridgehead atoms. The largest absolute Gasteiger partial charge is 0.496 e. The van der Waals surface area contributed by atoms with Crippen LogP contribution >= 0.6 is 11.3 Å². The number of fused-ring (bicyclic) bond motifs is 1. The van der Waals surface area contributed by atoms with Gasteiger partial charge in [-0.2, -0.15) is 0 Å². The SMILES string of the molecule is COc1ccccc1C(=O)NC[C@@H](c1cccs1)[NH+]1CCc2ccccc2C1. The molecule has 2 aromatic carbocycles. The second-order valence-corrected chi connectivity index (χ2v) is 8.06. The molecular weight excluding hydrogens is 368 g/mol. The van der Waals surface area contributed by atoms with E-state index in [1.807, 2.05) is 18.2 Å². The number of carbonyl (C=O) groups is 1. The van der Waals surface area contributed by atoms with Gasteiger partial charge in [-0.05, 0) is 29.1 Å². The van der Waals surface area contributed by atoms with E-state index in [9.17, 15) is 4.79 Å². The number of quaternary nitrogens is 1. The van der Waals surface area contributed by atoms with Crippen molar-refractivity contribution in [2.45, 2.75) is 19.0 Å². The highest BCUT2D eigenvalue weighted by Gasteiger charge is 2.29. The minimum atomic E-state index is -0.0872. The van der Waals surface area contributed by atoms with Crippen LogP contribution in [0.2, 0.25) is 0 Å². The summed E-state index contributed by atoms with van der Waals surface area (Å²) in [6.45, 7) is 2.67. The van der Waals surface area contributed by atoms with Crippen LogP contribution in [-0.2, 0) is 13.0 Å². The predicted octanol–water partition coefficient (Wildman–Crippen LogP) is 2.87. The van der Waals surface area contributed by atoms with Gasteiger partial charge in [0, 0.05) is 12.0 Å². The highest BCUT2D eigenvalue weighted by molar-refractivity contribution is 7.10. The summed E-state index contributed by atoms with van der Waals surface area (Å²) in [6.07, 6.45) is 1.08. The summed E-state index contributed by atoms with van der Waals surface area (Å²) < 4.78 is 5.34. The lowest BCUT2D eigenvalue weighted by Gasteiger charge is -2.32. The Bertz CT molecular complexity index is 939. The van der Waals surface area contributed by atoms with Crippen molar-refractivity contribution in [3.63, 3.8) is 0 Å². The average molecular weight is 394 g/mol. The Hall–Kier alpha value is -2.63. The molecule has 4 nitrogen and oxygen atoms in total. The van der Waals surface area contributed by atoms with Crippen molar-refractivity contribution in [1.82, 2.24) is 5.32 Å². The molecule has 1 aromatic heterocycles. The van der Waals surface area contributed by atoms with Crippen molar-refractivity contribution >= 4 is 17.2 Å². The number of ether oxygens (including phenoxy) is 1. The Kier molecular flexibility index (Phi) is 5.74. The predicted molar refractivity (Wildman–Crippen MR) is 112 cm³/mol. The Morgan fingerprint density at radius 3 is 2.68 bits per heavy atom. The molecule has 0 saturated heterocycles. The highest BCUT2D eigenvalue weighted by atomic mass is 32.1. The molecule has 0 spiro atoms. The number of thiophene rings is 1. The molecule has 1 aliphatic rings. The zero-order chi connectivity index (χ0) is 19.3. The second kappa shape index (κ2) is 8.59. The van der Waals surface area contributed by atoms with E-state index in [1.54, 1.807) is 24.5 Å². The topological polar surface area (TPSA) is 42.8 Å². The Balaban J connectivity index is 1.51. The molecule has 0 saturated carbocycles. The van der Waals surface area contributed by atoms with Crippen LogP contribution in [-0.4, -0.2) is 26.1 Å². The fourth-order valence-electron chi connectivity index (χ4n) is 3.96. The van der Waals surface area contributed by atoms with Crippen LogP contribution in [0, 0.1) is 0 Å². The molecule has 2 heterocycles. The normalized spacial score (nSPS) is 16.8. The minimum absolute atomic E-state index is 0.0872. The Morgan fingerprint density at radius 1 is 1.11 bits per heavy atom. The number of nitrogens with one attached hydrogen (secondary N) is 2. The van der Waals surface area contributed by atoms with Gasteiger partial charge in [-0.15, -0.1) is 11.3 Å². The molecule has 28 heavy (non-hydrogen) atoms. The van der Waals surface area contributed by atoms with Gasteiger partial charge in [0.1, 0.15) is 18.3 Å². The van der Waals surface area contributed by atoms with Crippen LogP contribution < -0.4 is 15.0 Å². The van der Waals surface area contributed by atoms with Gasteiger partial charge in [-0.25, -0.2) is 0 Å². The van der Waals surface area contributed by atoms with Crippen LogP contribution in [0.25, 0.3) is 0 Å². The fraction of sp³-hybridized carbons (Fsp3) is 0.261. The third-order valence-electron chi connectivity index (χ3n) is 5.45. The first-order valence-corrected chi connectivity index (χ1v) is 10.5. The number of rotatable bonds is 6. The maximum absolute atomic E-state index is 12.8. The van der Waals surface area contributed by atoms with Gasteiger partial charge in [0.05, 0.1) is 30.6 Å². The van der Waals surface area contributed by atoms with Crippen molar-refractivity contribution < 1.29 is 14.4 Å². The first kappa shape index (κ1) is 18.7. The van der Waals surface area contributed by atoms with Gasteiger partial charge in [-0.3, -0.25) is 4.79 Å². The number of hydrogen-bond acceptors (Lipinski definition) is 3. The van der Waals surface area contributed by atoms with E-state index in [0.717, 1.165) is 19.5 Å². The molecule has 0 fully saturated rings. The monoisotopic (exact) mass is 393 g/mol. The summed E-state index contributed by atoms with van der Waals surface area (Å²) >= 11 is 1.76. The van der Waals surface area contributed by atoms with Gasteiger partial charge in [0.25, 0.3) is 5.91 Å². The van der Waals surface area contributed by atoms with Gasteiger partial charge in [0.15, 0.2) is 0 Å². The lowest BCUT2D eigenvalue weighted by Crippen LogP contribution is -3.12. The number of hydrogen-bond donors (Lipinski definition) is 2. The molecule has 2 N–H and O–H groups in total. The molecule has 5 heteroatoms. The van der Waals surface area contributed by atoms with Gasteiger partial charge < -0.3 is 15.0 Å². The van der Waals surface area contributed by atoms with E-state index in [0.29, 0.717) is 17.9 Å². The maximum atomic E-state index is 12.8. The third-order valence-corrected chi connectivity index (χ3v) is 6.44. The molecule has 3 aromatic rings. The minimum Gasteiger partial charge on any atom is -0.496 e. The van der Waals surface area contributed by atoms with Crippen LogP contribution in [0.4, 0.5) is 0 Å². The van der Waals surface area contributed by atoms with Crippen LogP contribution in [0.1, 0.15) is 32.4 Å². The van der Waals surface area contributed by atoms with Gasteiger partial charge in [0.2, 0.25) is 0 Å². The van der Waals surface area contributed by atoms with E-state index in [4.69, 9.17) is 4.74 Å². The zero-order valence-electron chi connectivity index (χ0n) is 16.0. The smallest absolute Gasteiger partial charge is 0.255 e. The summed E-state index contributed by atoms with van der Waals surface area (Å²) in [4.78, 5) is 15.6. The Morgan fingerprint density at radius 2 is 1.89 bits per heavy atom. The fourth-order valence-corrected chi connectivity index (χ4v) is 4.84. The summed E-state index contributed by atoms with van der Waals surface area (Å²) in [5, 5.41) is 5.26. The van der Waals surface area contributed by atoms with Crippen molar-refractivity contribution in [1.29, 1.82) is 0 Å². The third kappa shape index (κ3) is 3.96. The molecule has 0 aliphatic carbocycles. The second-order valence-electron chi connectivity index (χ2n) is 7.08. The van der Waals surface area contributed by atoms with E-state index in [2.05, 4.69) is 47.1 Å². The molecule has 144 valence electrons. The number of benzene rings is 2. The van der Waals surface area contributed by atoms with E-state index in [-0.39, 0.29) is 11.9 Å². The average Bonchev–Trinajstić information content (AvgIpc) is 3.28. The van der Waals surface area contributed by atoms with Crippen molar-refractivity contribution in [3.05, 3.63) is 87.6 Å². The number of carbonyl (C=O) groups excluding carboxylic acids is 1. The van der Waals surface area contributed by atoms with E-state index < -0.39 is 0 Å². The summed E-state index contributed by atoms with van der Waals surface area (Å²) in [7, 11) is 1.59. The molecular formula is C23H25N2O2S+. The molecule has 0 radical (unpaired) electrons. The van der Waals surface area contributed by atoms with Gasteiger partial charge in [-0.1, -0.05) is 42.5 Å². The summed E-state index contributed by atoms with van der Waals surface area (Å²) in [5.41, 5.74) is 3.45. The van der Waals surface area contributed by atoms with Crippen molar-refractivity contribution in [2.24, 2.45) is 0 Å². The quantitative estimate of drug-likeness (QED) is 0.676. The number of para-hydroxylation sites is 1. The highest BCUT2D eigenvalue weighted by Crippen LogP contribution is 2.20. The van der Waals surface area contributed by atoms with Crippen molar-refractivity contribution in [3.8, 4) is 5.75 Å². The number of amides is 1. The molecule has 2 atom stereocenters. The zero-order valence-corrected chi connectivity index (χ0v) is 16.8. The van der Waals surface area contributed by atoms with Crippen molar-refractivity contribution in [2.75, 3.05) is 20.2 Å². The lowest BCUT2D eigenvalue weighted by molar-refractivity contribution is -0.945.